The third-order valence-electron chi connectivity index (χ3n) is 4.37. The normalized spacial score (nSPS) is 15.4. The van der Waals surface area contributed by atoms with E-state index < -0.39 is 5.97 Å². The highest BCUT2D eigenvalue weighted by Gasteiger charge is 2.29. The average molecular weight is 383 g/mol. The molecule has 1 saturated heterocycles. The number of hydrogen-bond acceptors (Lipinski definition) is 4. The van der Waals surface area contributed by atoms with Gasteiger partial charge in [0.25, 0.3) is 0 Å². The maximum absolute atomic E-state index is 12.5. The Labute approximate surface area is 154 Å². The molecule has 8 heteroatoms. The van der Waals surface area contributed by atoms with E-state index in [9.17, 15) is 9.59 Å². The van der Waals surface area contributed by atoms with Gasteiger partial charge in [-0.1, -0.05) is 29.3 Å². The Morgan fingerprint density at radius 2 is 2.00 bits per heavy atom. The van der Waals surface area contributed by atoms with Crippen LogP contribution >= 0.6 is 23.2 Å². The fourth-order valence-electron chi connectivity index (χ4n) is 3.04. The molecule has 3 rings (SSSR count). The van der Waals surface area contributed by atoms with E-state index in [2.05, 4.69) is 4.98 Å². The molecule has 0 atom stereocenters. The number of oxazole rings is 1. The highest BCUT2D eigenvalue weighted by Crippen LogP contribution is 2.30. The lowest BCUT2D eigenvalue weighted by molar-refractivity contribution is -0.131. The standard InChI is InChI=1S/C17H16Cl2N2O4/c18-12-2-1-11(13(19)8-12)7-14(22)21-5-3-10(4-6-21)16-15(17(23)24)20-9-25-16/h1-2,8-10H,3-7H2,(H,23,24). The van der Waals surface area contributed by atoms with Crippen LogP contribution in [0.1, 0.15) is 40.6 Å². The third-order valence-corrected chi connectivity index (χ3v) is 4.96. The smallest absolute Gasteiger partial charge is 0.358 e. The first kappa shape index (κ1) is 17.8. The van der Waals surface area contributed by atoms with E-state index >= 15 is 0 Å². The summed E-state index contributed by atoms with van der Waals surface area (Å²) in [4.78, 5) is 29.1. The first-order valence-corrected chi connectivity index (χ1v) is 8.59. The van der Waals surface area contributed by atoms with Crippen LogP contribution in [0.3, 0.4) is 0 Å². The van der Waals surface area contributed by atoms with Gasteiger partial charge in [-0.15, -0.1) is 0 Å². The van der Waals surface area contributed by atoms with Gasteiger partial charge in [0, 0.05) is 29.1 Å². The minimum atomic E-state index is -1.10. The molecule has 6 nitrogen and oxygen atoms in total. The molecule has 1 fully saturated rings. The van der Waals surface area contributed by atoms with Gasteiger partial charge < -0.3 is 14.4 Å². The molecule has 0 unspecified atom stereocenters. The number of piperidine rings is 1. The van der Waals surface area contributed by atoms with Gasteiger partial charge in [-0.3, -0.25) is 4.79 Å². The van der Waals surface area contributed by atoms with E-state index in [1.807, 2.05) is 0 Å². The molecule has 0 radical (unpaired) electrons. The van der Waals surface area contributed by atoms with Gasteiger partial charge >= 0.3 is 5.97 Å². The summed E-state index contributed by atoms with van der Waals surface area (Å²) in [6, 6.07) is 5.08. The zero-order valence-electron chi connectivity index (χ0n) is 13.2. The molecule has 1 aliphatic heterocycles. The molecule has 1 amide bonds. The number of carboxylic acids is 1. The Bertz CT molecular complexity index is 798. The zero-order valence-corrected chi connectivity index (χ0v) is 14.8. The molecule has 0 bridgehead atoms. The maximum atomic E-state index is 12.5. The predicted octanol–water partition coefficient (Wildman–Crippen LogP) is 3.63. The first-order chi connectivity index (χ1) is 12.0. The van der Waals surface area contributed by atoms with Crippen molar-refractivity contribution in [3.05, 3.63) is 51.7 Å². The van der Waals surface area contributed by atoms with Gasteiger partial charge in [-0.2, -0.15) is 0 Å². The topological polar surface area (TPSA) is 83.6 Å². The number of amides is 1. The fraction of sp³-hybridized carbons (Fsp3) is 0.353. The number of likely N-dealkylation sites (tertiary alicyclic amines) is 1. The number of benzene rings is 1. The minimum absolute atomic E-state index is 0.0151. The molecular weight excluding hydrogens is 367 g/mol. The summed E-state index contributed by atoms with van der Waals surface area (Å²) in [7, 11) is 0. The summed E-state index contributed by atoms with van der Waals surface area (Å²) in [6.45, 7) is 1.07. The second kappa shape index (κ2) is 7.45. The van der Waals surface area contributed by atoms with Crippen LogP contribution < -0.4 is 0 Å². The largest absolute Gasteiger partial charge is 0.476 e. The van der Waals surface area contributed by atoms with Crippen molar-refractivity contribution in [2.24, 2.45) is 0 Å². The van der Waals surface area contributed by atoms with Gasteiger partial charge in [-0.05, 0) is 30.5 Å². The molecular formula is C17H16Cl2N2O4. The van der Waals surface area contributed by atoms with E-state index in [-0.39, 0.29) is 23.9 Å². The van der Waals surface area contributed by atoms with Crippen molar-refractivity contribution in [3.8, 4) is 0 Å². The summed E-state index contributed by atoms with van der Waals surface area (Å²) >= 11 is 12.0. The number of aromatic carboxylic acids is 1. The molecule has 1 aromatic carbocycles. The molecule has 1 N–H and O–H groups in total. The average Bonchev–Trinajstić information content (AvgIpc) is 3.07. The molecule has 2 aromatic rings. The Morgan fingerprint density at radius 1 is 1.28 bits per heavy atom. The Hall–Kier alpha value is -2.05. The quantitative estimate of drug-likeness (QED) is 0.872. The third kappa shape index (κ3) is 3.96. The number of hydrogen-bond donors (Lipinski definition) is 1. The van der Waals surface area contributed by atoms with Crippen LogP contribution in [0.4, 0.5) is 0 Å². The number of carbonyl (C=O) groups is 2. The van der Waals surface area contributed by atoms with Crippen LogP contribution in [0.5, 0.6) is 0 Å². The molecule has 0 spiro atoms. The Balaban J connectivity index is 1.61. The number of nitrogens with zero attached hydrogens (tertiary/aromatic N) is 2. The van der Waals surface area contributed by atoms with Gasteiger partial charge in [0.05, 0.1) is 6.42 Å². The molecule has 25 heavy (non-hydrogen) atoms. The second-order valence-electron chi connectivity index (χ2n) is 5.94. The van der Waals surface area contributed by atoms with Gasteiger partial charge in [0.15, 0.2) is 12.1 Å². The van der Waals surface area contributed by atoms with Gasteiger partial charge in [-0.25, -0.2) is 9.78 Å². The monoisotopic (exact) mass is 382 g/mol. The van der Waals surface area contributed by atoms with Crippen molar-refractivity contribution < 1.29 is 19.1 Å². The summed E-state index contributed by atoms with van der Waals surface area (Å²) in [5.41, 5.74) is 0.694. The lowest BCUT2D eigenvalue weighted by Gasteiger charge is -2.31. The number of carboxylic acid groups (broad SMARTS) is 1. The number of rotatable bonds is 4. The van der Waals surface area contributed by atoms with Crippen molar-refractivity contribution in [1.29, 1.82) is 0 Å². The molecule has 132 valence electrons. The molecule has 1 aromatic heterocycles. The fourth-order valence-corrected chi connectivity index (χ4v) is 3.51. The van der Waals surface area contributed by atoms with Crippen LogP contribution in [0.2, 0.25) is 10.0 Å². The molecule has 0 saturated carbocycles. The summed E-state index contributed by atoms with van der Waals surface area (Å²) in [5, 5.41) is 10.1. The summed E-state index contributed by atoms with van der Waals surface area (Å²) in [6.07, 6.45) is 2.63. The van der Waals surface area contributed by atoms with Crippen molar-refractivity contribution in [1.82, 2.24) is 9.88 Å². The second-order valence-corrected chi connectivity index (χ2v) is 6.78. The van der Waals surface area contributed by atoms with Crippen LogP contribution in [0, 0.1) is 0 Å². The number of carbonyl (C=O) groups excluding carboxylic acids is 1. The Morgan fingerprint density at radius 3 is 2.64 bits per heavy atom. The van der Waals surface area contributed by atoms with Gasteiger partial charge in [0.2, 0.25) is 5.91 Å². The van der Waals surface area contributed by atoms with E-state index in [0.717, 1.165) is 12.0 Å². The van der Waals surface area contributed by atoms with E-state index in [1.165, 1.54) is 0 Å². The van der Waals surface area contributed by atoms with Crippen molar-refractivity contribution in [2.75, 3.05) is 13.1 Å². The first-order valence-electron chi connectivity index (χ1n) is 7.84. The van der Waals surface area contributed by atoms with Crippen molar-refractivity contribution in [2.45, 2.75) is 25.2 Å². The van der Waals surface area contributed by atoms with E-state index in [1.54, 1.807) is 23.1 Å². The lowest BCUT2D eigenvalue weighted by atomic mass is 9.92. The highest BCUT2D eigenvalue weighted by molar-refractivity contribution is 6.35. The molecule has 1 aliphatic rings. The zero-order chi connectivity index (χ0) is 18.0. The maximum Gasteiger partial charge on any atom is 0.358 e. The Kier molecular flexibility index (Phi) is 5.30. The summed E-state index contributed by atoms with van der Waals surface area (Å²) in [5.74, 6) is -0.768. The number of aromatic nitrogens is 1. The highest BCUT2D eigenvalue weighted by atomic mass is 35.5. The number of halogens is 2. The van der Waals surface area contributed by atoms with Crippen LogP contribution in [0.25, 0.3) is 0 Å². The minimum Gasteiger partial charge on any atom is -0.476 e. The van der Waals surface area contributed by atoms with Crippen molar-refractivity contribution >= 4 is 35.1 Å². The van der Waals surface area contributed by atoms with E-state index in [4.69, 9.17) is 32.7 Å². The molecule has 2 heterocycles. The van der Waals surface area contributed by atoms with Crippen LogP contribution in [-0.4, -0.2) is 40.0 Å². The van der Waals surface area contributed by atoms with Crippen molar-refractivity contribution in [3.63, 3.8) is 0 Å². The van der Waals surface area contributed by atoms with Crippen LogP contribution in [-0.2, 0) is 11.2 Å². The van der Waals surface area contributed by atoms with E-state index in [0.29, 0.717) is 41.7 Å². The predicted molar refractivity (Wildman–Crippen MR) is 92.2 cm³/mol. The van der Waals surface area contributed by atoms with Gasteiger partial charge in [0.1, 0.15) is 5.76 Å². The lowest BCUT2D eigenvalue weighted by Crippen LogP contribution is -2.39. The molecule has 0 aliphatic carbocycles. The summed E-state index contributed by atoms with van der Waals surface area (Å²) < 4.78 is 5.26. The SMILES string of the molecule is O=C(O)c1ncoc1C1CCN(C(=O)Cc2ccc(Cl)cc2Cl)CC1. The van der Waals surface area contributed by atoms with Crippen LogP contribution in [0.15, 0.2) is 29.0 Å².